The number of carboxylic acid groups (broad SMARTS) is 1. The van der Waals surface area contributed by atoms with E-state index in [1.54, 1.807) is 6.92 Å². The first kappa shape index (κ1) is 15.5. The van der Waals surface area contributed by atoms with Crippen molar-refractivity contribution in [3.05, 3.63) is 22.2 Å². The first-order valence-electron chi connectivity index (χ1n) is 5.84. The zero-order valence-corrected chi connectivity index (χ0v) is 11.4. The van der Waals surface area contributed by atoms with Gasteiger partial charge in [-0.25, -0.2) is 4.79 Å². The SMILES string of the molecule is CCC(Nc1cc(OC)c(OC)cc1[N+](=O)[O-])C(=O)O. The molecule has 1 atom stereocenters. The fourth-order valence-electron chi connectivity index (χ4n) is 1.66. The Bertz CT molecular complexity index is 517. The number of methoxy groups -OCH3 is 2. The molecule has 0 spiro atoms. The molecule has 2 N–H and O–H groups in total. The molecule has 1 aromatic rings. The van der Waals surface area contributed by atoms with Gasteiger partial charge in [-0.3, -0.25) is 10.1 Å². The lowest BCUT2D eigenvalue weighted by Gasteiger charge is -2.16. The van der Waals surface area contributed by atoms with E-state index in [0.29, 0.717) is 0 Å². The van der Waals surface area contributed by atoms with E-state index in [0.717, 1.165) is 0 Å². The lowest BCUT2D eigenvalue weighted by Crippen LogP contribution is -2.28. The minimum atomic E-state index is -1.09. The van der Waals surface area contributed by atoms with Gasteiger partial charge in [0.05, 0.1) is 25.2 Å². The lowest BCUT2D eigenvalue weighted by atomic mass is 10.2. The number of aliphatic carboxylic acids is 1. The number of anilines is 1. The van der Waals surface area contributed by atoms with E-state index >= 15 is 0 Å². The Labute approximate surface area is 115 Å². The monoisotopic (exact) mass is 284 g/mol. The van der Waals surface area contributed by atoms with Crippen LogP contribution in [0.25, 0.3) is 0 Å². The third-order valence-corrected chi connectivity index (χ3v) is 2.73. The quantitative estimate of drug-likeness (QED) is 0.580. The highest BCUT2D eigenvalue weighted by atomic mass is 16.6. The van der Waals surface area contributed by atoms with E-state index in [1.165, 1.54) is 26.4 Å². The van der Waals surface area contributed by atoms with Gasteiger partial charge in [-0.05, 0) is 6.42 Å². The molecule has 8 heteroatoms. The Morgan fingerprint density at radius 2 is 1.95 bits per heavy atom. The second kappa shape index (κ2) is 6.60. The maximum Gasteiger partial charge on any atom is 0.326 e. The first-order chi connectivity index (χ1) is 9.44. The summed E-state index contributed by atoms with van der Waals surface area (Å²) >= 11 is 0. The van der Waals surface area contributed by atoms with Gasteiger partial charge >= 0.3 is 5.97 Å². The maximum absolute atomic E-state index is 11.1. The number of ether oxygens (including phenoxy) is 2. The van der Waals surface area contributed by atoms with Gasteiger partial charge in [0.1, 0.15) is 11.7 Å². The van der Waals surface area contributed by atoms with Crippen molar-refractivity contribution in [2.45, 2.75) is 19.4 Å². The molecule has 110 valence electrons. The zero-order chi connectivity index (χ0) is 15.3. The van der Waals surface area contributed by atoms with Crippen LogP contribution in [0.1, 0.15) is 13.3 Å². The van der Waals surface area contributed by atoms with E-state index in [2.05, 4.69) is 5.32 Å². The van der Waals surface area contributed by atoms with Crippen molar-refractivity contribution < 1.29 is 24.3 Å². The van der Waals surface area contributed by atoms with E-state index < -0.39 is 16.9 Å². The molecule has 0 aliphatic carbocycles. The highest BCUT2D eigenvalue weighted by Crippen LogP contribution is 2.37. The number of nitrogens with one attached hydrogen (secondary N) is 1. The van der Waals surface area contributed by atoms with E-state index in [1.807, 2.05) is 0 Å². The number of hydrogen-bond donors (Lipinski definition) is 2. The normalized spacial score (nSPS) is 11.6. The van der Waals surface area contributed by atoms with Gasteiger partial charge in [0.25, 0.3) is 5.69 Å². The van der Waals surface area contributed by atoms with Crippen LogP contribution in [0.15, 0.2) is 12.1 Å². The first-order valence-corrected chi connectivity index (χ1v) is 5.84. The Balaban J connectivity index is 3.28. The van der Waals surface area contributed by atoms with Crippen LogP contribution < -0.4 is 14.8 Å². The molecule has 0 bridgehead atoms. The van der Waals surface area contributed by atoms with Crippen molar-refractivity contribution in [2.24, 2.45) is 0 Å². The molecule has 1 aromatic carbocycles. The number of nitrogens with zero attached hydrogens (tertiary/aromatic N) is 1. The molecule has 0 heterocycles. The van der Waals surface area contributed by atoms with Crippen LogP contribution in [0.5, 0.6) is 11.5 Å². The molecule has 0 saturated heterocycles. The molecular formula is C12H16N2O6. The van der Waals surface area contributed by atoms with Crippen LogP contribution in [0.4, 0.5) is 11.4 Å². The predicted octanol–water partition coefficient (Wildman–Crippen LogP) is 1.89. The minimum absolute atomic E-state index is 0.0712. The number of carboxylic acids is 1. The van der Waals surface area contributed by atoms with Gasteiger partial charge < -0.3 is 19.9 Å². The molecule has 0 fully saturated rings. The summed E-state index contributed by atoms with van der Waals surface area (Å²) in [6.45, 7) is 1.67. The van der Waals surface area contributed by atoms with Gasteiger partial charge in [0, 0.05) is 6.07 Å². The second-order valence-corrected chi connectivity index (χ2v) is 3.92. The summed E-state index contributed by atoms with van der Waals surface area (Å²) in [6.07, 6.45) is 0.279. The third kappa shape index (κ3) is 3.28. The van der Waals surface area contributed by atoms with Crippen molar-refractivity contribution in [1.29, 1.82) is 0 Å². The maximum atomic E-state index is 11.1. The third-order valence-electron chi connectivity index (χ3n) is 2.73. The fourth-order valence-corrected chi connectivity index (χ4v) is 1.66. The van der Waals surface area contributed by atoms with Crippen LogP contribution >= 0.6 is 0 Å². The van der Waals surface area contributed by atoms with Crippen LogP contribution in [-0.2, 0) is 4.79 Å². The fraction of sp³-hybridized carbons (Fsp3) is 0.417. The summed E-state index contributed by atoms with van der Waals surface area (Å²) in [4.78, 5) is 21.4. The van der Waals surface area contributed by atoms with Gasteiger partial charge in [0.2, 0.25) is 0 Å². The van der Waals surface area contributed by atoms with Gasteiger partial charge in [-0.1, -0.05) is 6.92 Å². The largest absolute Gasteiger partial charge is 0.493 e. The summed E-state index contributed by atoms with van der Waals surface area (Å²) in [5.74, 6) is -0.606. The lowest BCUT2D eigenvalue weighted by molar-refractivity contribution is -0.384. The Morgan fingerprint density at radius 1 is 1.40 bits per heavy atom. The summed E-state index contributed by atoms with van der Waals surface area (Å²) < 4.78 is 10.0. The second-order valence-electron chi connectivity index (χ2n) is 3.92. The Hall–Kier alpha value is -2.51. The number of hydrogen-bond acceptors (Lipinski definition) is 6. The molecule has 0 aromatic heterocycles. The molecule has 1 rings (SSSR count). The van der Waals surface area contributed by atoms with E-state index in [-0.39, 0.29) is 29.3 Å². The molecule has 0 aliphatic heterocycles. The number of carbonyl (C=O) groups is 1. The summed E-state index contributed by atoms with van der Waals surface area (Å²) in [5, 5.41) is 22.7. The van der Waals surface area contributed by atoms with Crippen LogP contribution in [0.3, 0.4) is 0 Å². The average molecular weight is 284 g/mol. The van der Waals surface area contributed by atoms with Crippen molar-refractivity contribution in [1.82, 2.24) is 0 Å². The van der Waals surface area contributed by atoms with Crippen LogP contribution in [-0.4, -0.2) is 36.3 Å². The Kier molecular flexibility index (Phi) is 5.13. The smallest absolute Gasteiger partial charge is 0.326 e. The molecule has 0 amide bonds. The zero-order valence-electron chi connectivity index (χ0n) is 11.4. The minimum Gasteiger partial charge on any atom is -0.493 e. The molecule has 20 heavy (non-hydrogen) atoms. The van der Waals surface area contributed by atoms with Crippen molar-refractivity contribution in [2.75, 3.05) is 19.5 Å². The molecule has 0 radical (unpaired) electrons. The Morgan fingerprint density at radius 3 is 2.35 bits per heavy atom. The molecule has 1 unspecified atom stereocenters. The average Bonchev–Trinajstić information content (AvgIpc) is 2.43. The molecular weight excluding hydrogens is 268 g/mol. The van der Waals surface area contributed by atoms with Gasteiger partial charge in [0.15, 0.2) is 11.5 Å². The number of nitro benzene ring substituents is 1. The highest BCUT2D eigenvalue weighted by Gasteiger charge is 2.23. The van der Waals surface area contributed by atoms with Crippen LogP contribution in [0.2, 0.25) is 0 Å². The summed E-state index contributed by atoms with van der Waals surface area (Å²) in [5.41, 5.74) is -0.204. The molecule has 0 aliphatic rings. The standard InChI is InChI=1S/C12H16N2O6/c1-4-7(12(15)16)13-8-5-10(19-2)11(20-3)6-9(8)14(17)18/h5-7,13H,4H2,1-3H3,(H,15,16). The summed E-state index contributed by atoms with van der Waals surface area (Å²) in [6, 6.07) is 1.62. The molecule has 0 saturated carbocycles. The van der Waals surface area contributed by atoms with Gasteiger partial charge in [-0.2, -0.15) is 0 Å². The number of rotatable bonds is 7. The van der Waals surface area contributed by atoms with Crippen molar-refractivity contribution in [3.63, 3.8) is 0 Å². The van der Waals surface area contributed by atoms with Crippen molar-refractivity contribution >= 4 is 17.3 Å². The van der Waals surface area contributed by atoms with Gasteiger partial charge in [-0.15, -0.1) is 0 Å². The van der Waals surface area contributed by atoms with E-state index in [4.69, 9.17) is 14.6 Å². The predicted molar refractivity (Wildman–Crippen MR) is 71.5 cm³/mol. The summed E-state index contributed by atoms with van der Waals surface area (Å²) in [7, 11) is 2.75. The molecule has 8 nitrogen and oxygen atoms in total. The van der Waals surface area contributed by atoms with Crippen LogP contribution in [0, 0.1) is 10.1 Å². The number of benzene rings is 1. The van der Waals surface area contributed by atoms with Crippen molar-refractivity contribution in [3.8, 4) is 11.5 Å². The number of nitro groups is 1. The highest BCUT2D eigenvalue weighted by molar-refractivity contribution is 5.80. The topological polar surface area (TPSA) is 111 Å². The van der Waals surface area contributed by atoms with E-state index in [9.17, 15) is 14.9 Å².